The third kappa shape index (κ3) is 3.40. The van der Waals surface area contributed by atoms with E-state index in [1.807, 2.05) is 0 Å². The molecule has 0 radical (unpaired) electrons. The molecule has 1 aromatic carbocycles. The van der Waals surface area contributed by atoms with Crippen LogP contribution in [0.3, 0.4) is 0 Å². The maximum atomic E-state index is 12.7. The fourth-order valence-corrected chi connectivity index (χ4v) is 4.59. The Balaban J connectivity index is 1.89. The van der Waals surface area contributed by atoms with Crippen LogP contribution in [0.25, 0.3) is 6.08 Å². The van der Waals surface area contributed by atoms with E-state index >= 15 is 0 Å². The number of para-hydroxylation sites is 1. The number of nitrogens with zero attached hydrogens (tertiary/aromatic N) is 1. The molecule has 1 aliphatic rings. The van der Waals surface area contributed by atoms with E-state index in [-0.39, 0.29) is 24.0 Å². The van der Waals surface area contributed by atoms with Gasteiger partial charge in [0.2, 0.25) is 5.69 Å². The van der Waals surface area contributed by atoms with E-state index in [0.29, 0.717) is 28.5 Å². The Labute approximate surface area is 152 Å². The Morgan fingerprint density at radius 3 is 2.92 bits per heavy atom. The first-order valence-corrected chi connectivity index (χ1v) is 9.23. The number of methoxy groups -OCH3 is 1. The maximum Gasteiger partial charge on any atom is 0.433 e. The van der Waals surface area contributed by atoms with Gasteiger partial charge in [0, 0.05) is 17.3 Å². The molecule has 0 bridgehead atoms. The standard InChI is InChI=1S/C17H15NO5S2/c1-3-23-14(19)8-11-9-24-17-18(11)16(21)13(25-17)7-10-5-4-6-12(22-2)15(10)20/h4-7,9H,3,8H2,1-2H3/p+1. The van der Waals surface area contributed by atoms with Crippen LogP contribution in [-0.4, -0.2) is 30.7 Å². The third-order valence-corrected chi connectivity index (χ3v) is 5.73. The fraction of sp³-hybridized carbons (Fsp3) is 0.235. The number of phenols is 1. The van der Waals surface area contributed by atoms with Crippen molar-refractivity contribution >= 4 is 41.1 Å². The molecule has 0 aliphatic carbocycles. The van der Waals surface area contributed by atoms with Crippen LogP contribution in [0.1, 0.15) is 23.0 Å². The summed E-state index contributed by atoms with van der Waals surface area (Å²) in [7, 11) is 1.47. The van der Waals surface area contributed by atoms with E-state index in [1.54, 1.807) is 36.6 Å². The second kappa shape index (κ2) is 7.28. The highest BCUT2D eigenvalue weighted by Crippen LogP contribution is 2.38. The van der Waals surface area contributed by atoms with Gasteiger partial charge in [-0.05, 0) is 19.1 Å². The van der Waals surface area contributed by atoms with Gasteiger partial charge in [-0.15, -0.1) is 4.57 Å². The zero-order valence-electron chi connectivity index (χ0n) is 13.6. The number of aromatic nitrogens is 1. The first-order chi connectivity index (χ1) is 12.0. The lowest BCUT2D eigenvalue weighted by Crippen LogP contribution is -2.43. The van der Waals surface area contributed by atoms with Crippen LogP contribution in [0, 0.1) is 0 Å². The molecule has 130 valence electrons. The van der Waals surface area contributed by atoms with Crippen LogP contribution in [0.4, 0.5) is 0 Å². The summed E-state index contributed by atoms with van der Waals surface area (Å²) in [5.74, 6) is -0.257. The zero-order chi connectivity index (χ0) is 18.0. The highest BCUT2D eigenvalue weighted by molar-refractivity contribution is 8.05. The van der Waals surface area contributed by atoms with Crippen LogP contribution in [0.2, 0.25) is 0 Å². The van der Waals surface area contributed by atoms with Gasteiger partial charge in [-0.1, -0.05) is 23.5 Å². The molecular weight excluding hydrogens is 362 g/mol. The minimum atomic E-state index is -0.365. The number of phenolic OH excluding ortho intramolecular Hbond substituents is 1. The van der Waals surface area contributed by atoms with E-state index in [1.165, 1.54) is 34.8 Å². The molecule has 0 saturated heterocycles. The van der Waals surface area contributed by atoms with Crippen molar-refractivity contribution in [2.24, 2.45) is 0 Å². The Morgan fingerprint density at radius 2 is 2.20 bits per heavy atom. The number of allylic oxidation sites excluding steroid dienone is 1. The number of carbonyl (C=O) groups is 2. The molecule has 0 fully saturated rings. The normalized spacial score (nSPS) is 14.6. The zero-order valence-corrected chi connectivity index (χ0v) is 15.3. The van der Waals surface area contributed by atoms with Crippen molar-refractivity contribution in [3.63, 3.8) is 0 Å². The number of benzene rings is 1. The average Bonchev–Trinajstić information content (AvgIpc) is 3.11. The number of carbonyl (C=O) groups excluding carboxylic acids is 2. The second-order valence-corrected chi connectivity index (χ2v) is 7.27. The summed E-state index contributed by atoms with van der Waals surface area (Å²) < 4.78 is 12.3. The number of thioether (sulfide) groups is 1. The van der Waals surface area contributed by atoms with Gasteiger partial charge in [-0.25, -0.2) is 4.79 Å². The quantitative estimate of drug-likeness (QED) is 0.490. The van der Waals surface area contributed by atoms with E-state index in [9.17, 15) is 14.7 Å². The van der Waals surface area contributed by atoms with E-state index in [2.05, 4.69) is 0 Å². The van der Waals surface area contributed by atoms with E-state index in [0.717, 1.165) is 4.34 Å². The SMILES string of the molecule is CCOC(=O)Cc1csc2[n+]1C(=O)/C(=C/c1cccc(OC)c1O)S2. The average molecular weight is 378 g/mol. The number of rotatable bonds is 5. The van der Waals surface area contributed by atoms with Crippen LogP contribution in [-0.2, 0) is 16.0 Å². The van der Waals surface area contributed by atoms with Crippen molar-refractivity contribution in [3.8, 4) is 11.5 Å². The number of aromatic hydroxyl groups is 1. The van der Waals surface area contributed by atoms with Crippen LogP contribution < -0.4 is 9.30 Å². The molecular formula is C17H16NO5S2+. The third-order valence-electron chi connectivity index (χ3n) is 3.54. The molecule has 3 rings (SSSR count). The van der Waals surface area contributed by atoms with Gasteiger partial charge < -0.3 is 14.6 Å². The largest absolute Gasteiger partial charge is 0.504 e. The molecule has 0 spiro atoms. The van der Waals surface area contributed by atoms with Crippen molar-refractivity contribution in [2.45, 2.75) is 17.7 Å². The molecule has 8 heteroatoms. The Hall–Kier alpha value is -2.32. The van der Waals surface area contributed by atoms with Crippen LogP contribution >= 0.6 is 23.1 Å². The molecule has 0 amide bonds. The number of thiazole rings is 1. The van der Waals surface area contributed by atoms with Gasteiger partial charge >= 0.3 is 16.2 Å². The molecule has 2 heterocycles. The molecule has 0 atom stereocenters. The first kappa shape index (κ1) is 17.5. The smallest absolute Gasteiger partial charge is 0.433 e. The molecule has 0 saturated carbocycles. The predicted octanol–water partition coefficient (Wildman–Crippen LogP) is 2.64. The minimum Gasteiger partial charge on any atom is -0.504 e. The van der Waals surface area contributed by atoms with E-state index < -0.39 is 0 Å². The molecule has 1 aromatic heterocycles. The molecule has 0 unspecified atom stereocenters. The van der Waals surface area contributed by atoms with Crippen molar-refractivity contribution < 1.29 is 28.7 Å². The molecule has 1 aliphatic heterocycles. The highest BCUT2D eigenvalue weighted by atomic mass is 32.2. The lowest BCUT2D eigenvalue weighted by atomic mass is 10.1. The van der Waals surface area contributed by atoms with Gasteiger partial charge in [0.1, 0.15) is 11.3 Å². The van der Waals surface area contributed by atoms with E-state index in [4.69, 9.17) is 9.47 Å². The Kier molecular flexibility index (Phi) is 5.10. The lowest BCUT2D eigenvalue weighted by Gasteiger charge is -2.05. The molecule has 2 aromatic rings. The van der Waals surface area contributed by atoms with Crippen molar-refractivity contribution in [1.29, 1.82) is 0 Å². The van der Waals surface area contributed by atoms with Crippen molar-refractivity contribution in [1.82, 2.24) is 0 Å². The molecule has 1 N–H and O–H groups in total. The number of hydrogen-bond acceptors (Lipinski definition) is 7. The molecule has 6 nitrogen and oxygen atoms in total. The summed E-state index contributed by atoms with van der Waals surface area (Å²) in [6.07, 6.45) is 1.67. The van der Waals surface area contributed by atoms with Crippen molar-refractivity contribution in [2.75, 3.05) is 13.7 Å². The summed E-state index contributed by atoms with van der Waals surface area (Å²) in [4.78, 5) is 24.9. The maximum absolute atomic E-state index is 12.7. The van der Waals surface area contributed by atoms with Gasteiger partial charge in [-0.3, -0.25) is 4.79 Å². The summed E-state index contributed by atoms with van der Waals surface area (Å²) in [5.41, 5.74) is 1.10. The van der Waals surface area contributed by atoms with Gasteiger partial charge in [-0.2, -0.15) is 0 Å². The van der Waals surface area contributed by atoms with Crippen LogP contribution in [0.5, 0.6) is 11.5 Å². The van der Waals surface area contributed by atoms with Gasteiger partial charge in [0.15, 0.2) is 11.5 Å². The number of esters is 1. The predicted molar refractivity (Wildman–Crippen MR) is 94.0 cm³/mol. The number of ether oxygens (including phenoxy) is 2. The fourth-order valence-electron chi connectivity index (χ4n) is 2.41. The Bertz CT molecular complexity index is 872. The second-order valence-electron chi connectivity index (χ2n) is 5.12. The first-order valence-electron chi connectivity index (χ1n) is 7.53. The number of fused-ring (bicyclic) bond motifs is 1. The summed E-state index contributed by atoms with van der Waals surface area (Å²) in [6, 6.07) is 5.09. The summed E-state index contributed by atoms with van der Waals surface area (Å²) in [6.45, 7) is 2.05. The van der Waals surface area contributed by atoms with Gasteiger partial charge in [0.25, 0.3) is 0 Å². The Morgan fingerprint density at radius 1 is 1.40 bits per heavy atom. The summed E-state index contributed by atoms with van der Waals surface area (Å²) in [5, 5.41) is 12.0. The van der Waals surface area contributed by atoms with Gasteiger partial charge in [0.05, 0.1) is 19.1 Å². The van der Waals surface area contributed by atoms with Crippen molar-refractivity contribution in [3.05, 3.63) is 39.7 Å². The lowest BCUT2D eigenvalue weighted by molar-refractivity contribution is -0.607. The minimum absolute atomic E-state index is 0.0158. The number of hydrogen-bond donors (Lipinski definition) is 1. The topological polar surface area (TPSA) is 76.7 Å². The monoisotopic (exact) mass is 378 g/mol. The summed E-state index contributed by atoms with van der Waals surface area (Å²) >= 11 is 2.71. The molecule has 25 heavy (non-hydrogen) atoms. The van der Waals surface area contributed by atoms with Crippen LogP contribution in [0.15, 0.2) is 32.8 Å². The highest BCUT2D eigenvalue weighted by Gasteiger charge is 2.41.